The maximum Gasteiger partial charge on any atom is 0.243 e. The topological polar surface area (TPSA) is 55.8 Å². The van der Waals surface area contributed by atoms with E-state index in [1.165, 1.54) is 4.31 Å². The van der Waals surface area contributed by atoms with Crippen molar-refractivity contribution in [2.75, 3.05) is 21.3 Å². The van der Waals surface area contributed by atoms with Crippen LogP contribution in [0.2, 0.25) is 0 Å². The standard InChI is InChI=1S/C18H23NO4S/c1-13-6-9-17(10-14(13)2)24(20,21)19(3)12-15-7-8-16(22-4)11-18(15)23-5/h6-11H,12H2,1-5H3. The molecular weight excluding hydrogens is 326 g/mol. The molecule has 0 spiro atoms. The highest BCUT2D eigenvalue weighted by Crippen LogP contribution is 2.27. The van der Waals surface area contributed by atoms with Crippen LogP contribution >= 0.6 is 0 Å². The van der Waals surface area contributed by atoms with Gasteiger partial charge in [0.15, 0.2) is 0 Å². The van der Waals surface area contributed by atoms with E-state index in [0.717, 1.165) is 16.7 Å². The molecule has 0 heterocycles. The molecule has 0 atom stereocenters. The summed E-state index contributed by atoms with van der Waals surface area (Å²) in [5.41, 5.74) is 2.79. The maximum absolute atomic E-state index is 12.8. The van der Waals surface area contributed by atoms with Crippen LogP contribution in [0, 0.1) is 13.8 Å². The fraction of sp³-hybridized carbons (Fsp3) is 0.333. The molecule has 0 radical (unpaired) electrons. The lowest BCUT2D eigenvalue weighted by atomic mass is 10.1. The summed E-state index contributed by atoms with van der Waals surface area (Å²) in [5, 5.41) is 0. The smallest absolute Gasteiger partial charge is 0.243 e. The van der Waals surface area contributed by atoms with Crippen LogP contribution in [0.4, 0.5) is 0 Å². The van der Waals surface area contributed by atoms with Gasteiger partial charge >= 0.3 is 0 Å². The number of hydrogen-bond donors (Lipinski definition) is 0. The molecule has 0 unspecified atom stereocenters. The zero-order valence-electron chi connectivity index (χ0n) is 14.7. The Bertz CT molecular complexity index is 831. The Morgan fingerprint density at radius 1 is 0.958 bits per heavy atom. The van der Waals surface area contributed by atoms with Gasteiger partial charge in [-0.25, -0.2) is 8.42 Å². The number of rotatable bonds is 6. The van der Waals surface area contributed by atoms with Gasteiger partial charge in [0, 0.05) is 25.2 Å². The Morgan fingerprint density at radius 3 is 2.25 bits per heavy atom. The number of sulfonamides is 1. The molecule has 0 N–H and O–H groups in total. The predicted molar refractivity (Wildman–Crippen MR) is 94.1 cm³/mol. The van der Waals surface area contributed by atoms with Crippen LogP contribution in [0.5, 0.6) is 11.5 Å². The van der Waals surface area contributed by atoms with Crippen LogP contribution in [0.25, 0.3) is 0 Å². The third-order valence-electron chi connectivity index (χ3n) is 4.07. The number of aryl methyl sites for hydroxylation is 2. The average Bonchev–Trinajstić information content (AvgIpc) is 2.57. The Labute approximate surface area is 143 Å². The molecule has 0 saturated heterocycles. The molecule has 0 aromatic heterocycles. The Morgan fingerprint density at radius 2 is 1.67 bits per heavy atom. The van der Waals surface area contributed by atoms with E-state index < -0.39 is 10.0 Å². The van der Waals surface area contributed by atoms with Gasteiger partial charge < -0.3 is 9.47 Å². The van der Waals surface area contributed by atoms with E-state index in [2.05, 4.69) is 0 Å². The quantitative estimate of drug-likeness (QED) is 0.804. The normalized spacial score (nSPS) is 11.6. The number of ether oxygens (including phenoxy) is 2. The Kier molecular flexibility index (Phi) is 5.51. The van der Waals surface area contributed by atoms with E-state index in [-0.39, 0.29) is 6.54 Å². The Hall–Kier alpha value is -2.05. The van der Waals surface area contributed by atoms with E-state index in [4.69, 9.17) is 9.47 Å². The van der Waals surface area contributed by atoms with Crippen molar-refractivity contribution < 1.29 is 17.9 Å². The average molecular weight is 349 g/mol. The third-order valence-corrected chi connectivity index (χ3v) is 5.87. The summed E-state index contributed by atoms with van der Waals surface area (Å²) in [4.78, 5) is 0.292. The van der Waals surface area contributed by atoms with Crippen LogP contribution in [-0.2, 0) is 16.6 Å². The third kappa shape index (κ3) is 3.71. The van der Waals surface area contributed by atoms with Gasteiger partial charge in [-0.05, 0) is 43.2 Å². The van der Waals surface area contributed by atoms with E-state index in [0.29, 0.717) is 16.4 Å². The maximum atomic E-state index is 12.8. The summed E-state index contributed by atoms with van der Waals surface area (Å²) < 4.78 is 37.4. The molecule has 0 fully saturated rings. The summed E-state index contributed by atoms with van der Waals surface area (Å²) >= 11 is 0. The molecule has 5 nitrogen and oxygen atoms in total. The minimum atomic E-state index is -3.57. The molecule has 24 heavy (non-hydrogen) atoms. The second kappa shape index (κ2) is 7.23. The molecule has 2 rings (SSSR count). The number of nitrogens with zero attached hydrogens (tertiary/aromatic N) is 1. The van der Waals surface area contributed by atoms with E-state index >= 15 is 0 Å². The molecule has 130 valence electrons. The molecule has 2 aromatic rings. The van der Waals surface area contributed by atoms with Crippen LogP contribution in [0.3, 0.4) is 0 Å². The molecule has 0 aliphatic heterocycles. The second-order valence-electron chi connectivity index (χ2n) is 5.68. The molecule has 2 aromatic carbocycles. The highest BCUT2D eigenvalue weighted by atomic mass is 32.2. The van der Waals surface area contributed by atoms with Crippen molar-refractivity contribution in [1.29, 1.82) is 0 Å². The van der Waals surface area contributed by atoms with Gasteiger partial charge in [-0.1, -0.05) is 12.1 Å². The van der Waals surface area contributed by atoms with Crippen LogP contribution in [0.15, 0.2) is 41.3 Å². The zero-order chi connectivity index (χ0) is 17.9. The number of benzene rings is 2. The highest BCUT2D eigenvalue weighted by Gasteiger charge is 2.22. The fourth-order valence-electron chi connectivity index (χ4n) is 2.36. The summed E-state index contributed by atoms with van der Waals surface area (Å²) in [6, 6.07) is 10.5. The first-order valence-electron chi connectivity index (χ1n) is 7.54. The second-order valence-corrected chi connectivity index (χ2v) is 7.73. The van der Waals surface area contributed by atoms with Crippen molar-refractivity contribution in [2.24, 2.45) is 0 Å². The van der Waals surface area contributed by atoms with Gasteiger partial charge in [-0.15, -0.1) is 0 Å². The number of hydrogen-bond acceptors (Lipinski definition) is 4. The minimum Gasteiger partial charge on any atom is -0.497 e. The first kappa shape index (κ1) is 18.3. The molecular formula is C18H23NO4S. The van der Waals surface area contributed by atoms with E-state index in [1.807, 2.05) is 26.0 Å². The number of methoxy groups -OCH3 is 2. The van der Waals surface area contributed by atoms with E-state index in [9.17, 15) is 8.42 Å². The van der Waals surface area contributed by atoms with Crippen molar-refractivity contribution in [1.82, 2.24) is 4.31 Å². The summed E-state index contributed by atoms with van der Waals surface area (Å²) in [7, 11) is 1.12. The lowest BCUT2D eigenvalue weighted by Gasteiger charge is -2.19. The van der Waals surface area contributed by atoms with Gasteiger partial charge in [-0.2, -0.15) is 4.31 Å². The van der Waals surface area contributed by atoms with Crippen molar-refractivity contribution in [3.8, 4) is 11.5 Å². The molecule has 6 heteroatoms. The lowest BCUT2D eigenvalue weighted by molar-refractivity contribution is 0.384. The first-order chi connectivity index (χ1) is 11.3. The largest absolute Gasteiger partial charge is 0.497 e. The Balaban J connectivity index is 2.31. The van der Waals surface area contributed by atoms with E-state index in [1.54, 1.807) is 45.5 Å². The zero-order valence-corrected chi connectivity index (χ0v) is 15.5. The van der Waals surface area contributed by atoms with Crippen molar-refractivity contribution in [3.05, 3.63) is 53.1 Å². The van der Waals surface area contributed by atoms with Gasteiger partial charge in [0.2, 0.25) is 10.0 Å². The summed E-state index contributed by atoms with van der Waals surface area (Å²) in [5.74, 6) is 1.26. The first-order valence-corrected chi connectivity index (χ1v) is 8.98. The monoisotopic (exact) mass is 349 g/mol. The fourth-order valence-corrected chi connectivity index (χ4v) is 3.60. The van der Waals surface area contributed by atoms with Gasteiger partial charge in [0.05, 0.1) is 19.1 Å². The van der Waals surface area contributed by atoms with Crippen LogP contribution in [0.1, 0.15) is 16.7 Å². The minimum absolute atomic E-state index is 0.211. The SMILES string of the molecule is COc1ccc(CN(C)S(=O)(=O)c2ccc(C)c(C)c2)c(OC)c1. The highest BCUT2D eigenvalue weighted by molar-refractivity contribution is 7.89. The van der Waals surface area contributed by atoms with Crippen LogP contribution < -0.4 is 9.47 Å². The lowest BCUT2D eigenvalue weighted by Crippen LogP contribution is -2.26. The molecule has 0 saturated carbocycles. The van der Waals surface area contributed by atoms with Crippen molar-refractivity contribution in [2.45, 2.75) is 25.3 Å². The molecule has 0 bridgehead atoms. The van der Waals surface area contributed by atoms with Gasteiger partial charge in [0.1, 0.15) is 11.5 Å². The predicted octanol–water partition coefficient (Wildman–Crippen LogP) is 3.14. The van der Waals surface area contributed by atoms with Gasteiger partial charge in [0.25, 0.3) is 0 Å². The summed E-state index contributed by atoms with van der Waals surface area (Å²) in [6.07, 6.45) is 0. The van der Waals surface area contributed by atoms with Crippen molar-refractivity contribution >= 4 is 10.0 Å². The van der Waals surface area contributed by atoms with Crippen molar-refractivity contribution in [3.63, 3.8) is 0 Å². The molecule has 0 amide bonds. The molecule has 0 aliphatic rings. The molecule has 0 aliphatic carbocycles. The van der Waals surface area contributed by atoms with Gasteiger partial charge in [-0.3, -0.25) is 0 Å². The summed E-state index contributed by atoms with van der Waals surface area (Å²) in [6.45, 7) is 4.07. The van der Waals surface area contributed by atoms with Crippen LogP contribution in [-0.4, -0.2) is 34.0 Å².